The molecule has 1 aromatic carbocycles. The van der Waals surface area contributed by atoms with Gasteiger partial charge in [0.2, 0.25) is 0 Å². The van der Waals surface area contributed by atoms with E-state index in [9.17, 15) is 9.90 Å². The van der Waals surface area contributed by atoms with Crippen molar-refractivity contribution in [3.63, 3.8) is 0 Å². The summed E-state index contributed by atoms with van der Waals surface area (Å²) in [6, 6.07) is 5.07. The van der Waals surface area contributed by atoms with Gasteiger partial charge in [0.25, 0.3) is 0 Å². The Hall–Kier alpha value is -1.52. The minimum absolute atomic E-state index is 0.123. The Bertz CT molecular complexity index is 623. The molecule has 19 heavy (non-hydrogen) atoms. The van der Waals surface area contributed by atoms with E-state index in [-0.39, 0.29) is 5.56 Å². The molecule has 0 amide bonds. The number of hydrogen-bond donors (Lipinski definition) is 1. The quantitative estimate of drug-likeness (QED) is 0.929. The lowest BCUT2D eigenvalue weighted by atomic mass is 10.1. The van der Waals surface area contributed by atoms with E-state index in [2.05, 4.69) is 5.10 Å². The molecular weight excluding hydrogens is 287 g/mol. The summed E-state index contributed by atoms with van der Waals surface area (Å²) in [6.45, 7) is 2.65. The molecule has 0 aliphatic carbocycles. The van der Waals surface area contributed by atoms with Crippen LogP contribution in [0.25, 0.3) is 11.3 Å². The van der Waals surface area contributed by atoms with Crippen LogP contribution in [0.4, 0.5) is 0 Å². The normalized spacial score (nSPS) is 10.7. The minimum atomic E-state index is -1.03. The summed E-state index contributed by atoms with van der Waals surface area (Å²) in [5.41, 5.74) is 0.993. The topological polar surface area (TPSA) is 55.1 Å². The van der Waals surface area contributed by atoms with Crippen molar-refractivity contribution in [3.05, 3.63) is 40.0 Å². The van der Waals surface area contributed by atoms with Crippen molar-refractivity contribution < 1.29 is 9.90 Å². The average Bonchev–Trinajstić information content (AvgIpc) is 2.77. The van der Waals surface area contributed by atoms with E-state index in [1.165, 1.54) is 6.20 Å². The molecule has 0 bridgehead atoms. The molecule has 0 fully saturated rings. The SMILES string of the molecule is CCCn1cc(C(=O)O)c(-c2cccc(Cl)c2Cl)n1. The van der Waals surface area contributed by atoms with Gasteiger partial charge in [0.15, 0.2) is 0 Å². The van der Waals surface area contributed by atoms with Crippen molar-refractivity contribution in [1.82, 2.24) is 9.78 Å². The Morgan fingerprint density at radius 3 is 2.79 bits per heavy atom. The first kappa shape index (κ1) is 13.9. The average molecular weight is 299 g/mol. The molecule has 1 aromatic heterocycles. The maximum absolute atomic E-state index is 11.3. The van der Waals surface area contributed by atoms with Crippen LogP contribution < -0.4 is 0 Å². The minimum Gasteiger partial charge on any atom is -0.478 e. The largest absolute Gasteiger partial charge is 0.478 e. The lowest BCUT2D eigenvalue weighted by Gasteiger charge is -2.03. The molecule has 0 saturated carbocycles. The van der Waals surface area contributed by atoms with Crippen molar-refractivity contribution in [1.29, 1.82) is 0 Å². The van der Waals surface area contributed by atoms with E-state index >= 15 is 0 Å². The molecule has 0 aliphatic heterocycles. The van der Waals surface area contributed by atoms with Crippen LogP contribution in [-0.2, 0) is 6.54 Å². The summed E-state index contributed by atoms with van der Waals surface area (Å²) in [5, 5.41) is 14.2. The second kappa shape index (κ2) is 5.63. The predicted molar refractivity (Wildman–Crippen MR) is 74.9 cm³/mol. The van der Waals surface area contributed by atoms with Crippen LogP contribution in [0.2, 0.25) is 10.0 Å². The van der Waals surface area contributed by atoms with Crippen molar-refractivity contribution in [2.45, 2.75) is 19.9 Å². The Morgan fingerprint density at radius 1 is 1.42 bits per heavy atom. The van der Waals surface area contributed by atoms with Gasteiger partial charge in [-0.05, 0) is 12.5 Å². The third kappa shape index (κ3) is 2.74. The number of halogens is 2. The molecule has 0 radical (unpaired) electrons. The van der Waals surface area contributed by atoms with Crippen LogP contribution >= 0.6 is 23.2 Å². The molecule has 1 N–H and O–H groups in total. The third-order valence-corrected chi connectivity index (χ3v) is 3.47. The number of hydrogen-bond acceptors (Lipinski definition) is 2. The molecule has 100 valence electrons. The van der Waals surface area contributed by atoms with Gasteiger partial charge in [-0.3, -0.25) is 4.68 Å². The number of benzene rings is 1. The number of aromatic nitrogens is 2. The molecule has 2 aromatic rings. The summed E-state index contributed by atoms with van der Waals surface area (Å²) in [7, 11) is 0. The first-order valence-electron chi connectivity index (χ1n) is 5.79. The molecule has 6 heteroatoms. The predicted octanol–water partition coefficient (Wildman–Crippen LogP) is 3.97. The van der Waals surface area contributed by atoms with Gasteiger partial charge in [-0.15, -0.1) is 0 Å². The lowest BCUT2D eigenvalue weighted by molar-refractivity contribution is 0.0697. The Labute approximate surface area is 120 Å². The summed E-state index contributed by atoms with van der Waals surface area (Å²) >= 11 is 12.1. The van der Waals surface area contributed by atoms with E-state index < -0.39 is 5.97 Å². The number of carboxylic acids is 1. The summed E-state index contributed by atoms with van der Waals surface area (Å²) in [5.74, 6) is -1.03. The Morgan fingerprint density at radius 2 is 2.16 bits per heavy atom. The fraction of sp³-hybridized carbons (Fsp3) is 0.231. The molecule has 0 atom stereocenters. The van der Waals surface area contributed by atoms with Gasteiger partial charge in [-0.25, -0.2) is 4.79 Å². The molecule has 0 spiro atoms. The number of aryl methyl sites for hydroxylation is 1. The summed E-state index contributed by atoms with van der Waals surface area (Å²) in [4.78, 5) is 11.3. The number of rotatable bonds is 4. The van der Waals surface area contributed by atoms with Gasteiger partial charge < -0.3 is 5.11 Å². The van der Waals surface area contributed by atoms with Crippen molar-refractivity contribution in [3.8, 4) is 11.3 Å². The highest BCUT2D eigenvalue weighted by molar-refractivity contribution is 6.43. The molecule has 0 aliphatic rings. The van der Waals surface area contributed by atoms with E-state index in [0.29, 0.717) is 27.8 Å². The number of nitrogens with zero attached hydrogens (tertiary/aromatic N) is 2. The van der Waals surface area contributed by atoms with Crippen molar-refractivity contribution in [2.75, 3.05) is 0 Å². The molecule has 0 saturated heterocycles. The molecule has 4 nitrogen and oxygen atoms in total. The van der Waals surface area contributed by atoms with Gasteiger partial charge in [0.05, 0.1) is 10.0 Å². The maximum Gasteiger partial charge on any atom is 0.339 e. The van der Waals surface area contributed by atoms with Gasteiger partial charge in [-0.1, -0.05) is 42.3 Å². The molecule has 0 unspecified atom stereocenters. The number of carboxylic acid groups (broad SMARTS) is 1. The van der Waals surface area contributed by atoms with Crippen LogP contribution in [0.3, 0.4) is 0 Å². The van der Waals surface area contributed by atoms with E-state index in [1.807, 2.05) is 6.92 Å². The number of aromatic carboxylic acids is 1. The highest BCUT2D eigenvalue weighted by atomic mass is 35.5. The van der Waals surface area contributed by atoms with Gasteiger partial charge >= 0.3 is 5.97 Å². The maximum atomic E-state index is 11.3. The third-order valence-electron chi connectivity index (χ3n) is 2.65. The second-order valence-electron chi connectivity index (χ2n) is 4.06. The van der Waals surface area contributed by atoms with E-state index in [1.54, 1.807) is 22.9 Å². The first-order valence-corrected chi connectivity index (χ1v) is 6.55. The van der Waals surface area contributed by atoms with Gasteiger partial charge in [0.1, 0.15) is 11.3 Å². The monoisotopic (exact) mass is 298 g/mol. The van der Waals surface area contributed by atoms with Gasteiger partial charge in [0, 0.05) is 18.3 Å². The van der Waals surface area contributed by atoms with Crippen molar-refractivity contribution in [2.24, 2.45) is 0 Å². The van der Waals surface area contributed by atoms with Crippen LogP contribution in [-0.4, -0.2) is 20.9 Å². The van der Waals surface area contributed by atoms with Crippen LogP contribution in [0.1, 0.15) is 23.7 Å². The second-order valence-corrected chi connectivity index (χ2v) is 4.85. The first-order chi connectivity index (χ1) is 9.04. The standard InChI is InChI=1S/C13H12Cl2N2O2/c1-2-6-17-7-9(13(18)19)12(16-17)8-4-3-5-10(14)11(8)15/h3-5,7H,2,6H2,1H3,(H,18,19). The van der Waals surface area contributed by atoms with Crippen LogP contribution in [0.15, 0.2) is 24.4 Å². The van der Waals surface area contributed by atoms with Crippen LogP contribution in [0.5, 0.6) is 0 Å². The zero-order valence-electron chi connectivity index (χ0n) is 10.2. The Balaban J connectivity index is 2.60. The molecule has 2 rings (SSSR count). The molecular formula is C13H12Cl2N2O2. The number of carbonyl (C=O) groups is 1. The highest BCUT2D eigenvalue weighted by Crippen LogP contribution is 2.34. The highest BCUT2D eigenvalue weighted by Gasteiger charge is 2.19. The molecule has 1 heterocycles. The van der Waals surface area contributed by atoms with Gasteiger partial charge in [-0.2, -0.15) is 5.10 Å². The summed E-state index contributed by atoms with van der Waals surface area (Å²) in [6.07, 6.45) is 2.38. The Kier molecular flexibility index (Phi) is 4.12. The van der Waals surface area contributed by atoms with Crippen molar-refractivity contribution >= 4 is 29.2 Å². The fourth-order valence-electron chi connectivity index (χ4n) is 1.81. The van der Waals surface area contributed by atoms with E-state index in [0.717, 1.165) is 6.42 Å². The fourth-order valence-corrected chi connectivity index (χ4v) is 2.20. The smallest absolute Gasteiger partial charge is 0.339 e. The zero-order valence-corrected chi connectivity index (χ0v) is 11.7. The van der Waals surface area contributed by atoms with E-state index in [4.69, 9.17) is 23.2 Å². The lowest BCUT2D eigenvalue weighted by Crippen LogP contribution is -1.97. The zero-order chi connectivity index (χ0) is 14.0. The summed E-state index contributed by atoms with van der Waals surface area (Å²) < 4.78 is 1.61. The van der Waals surface area contributed by atoms with Crippen LogP contribution in [0, 0.1) is 0 Å².